The van der Waals surface area contributed by atoms with Crippen LogP contribution in [0, 0.1) is 3.57 Å². The zero-order valence-electron chi connectivity index (χ0n) is 19.1. The fraction of sp³-hybridized carbons (Fsp3) is 0.391. The average molecular weight is 688 g/mol. The van der Waals surface area contributed by atoms with E-state index in [4.69, 9.17) is 27.9 Å². The number of likely N-dealkylation sites (tertiary alicyclic amines) is 1. The van der Waals surface area contributed by atoms with Crippen molar-refractivity contribution in [3.63, 3.8) is 0 Å². The highest BCUT2D eigenvalue weighted by molar-refractivity contribution is 14.1. The molecular formula is C23H19Cl2F3IN3O4S. The van der Waals surface area contributed by atoms with Crippen LogP contribution in [0.2, 0.25) is 10.0 Å². The highest BCUT2D eigenvalue weighted by Gasteiger charge is 2.59. The van der Waals surface area contributed by atoms with Gasteiger partial charge in [-0.25, -0.2) is 8.42 Å². The number of benzene rings is 2. The van der Waals surface area contributed by atoms with E-state index in [9.17, 15) is 26.4 Å². The second-order valence-corrected chi connectivity index (χ2v) is 13.6. The van der Waals surface area contributed by atoms with Crippen LogP contribution in [0.15, 0.2) is 35.4 Å². The molecule has 1 spiro atoms. The van der Waals surface area contributed by atoms with E-state index < -0.39 is 45.2 Å². The topological polar surface area (TPSA) is 88.1 Å². The Labute approximate surface area is 234 Å². The maximum Gasteiger partial charge on any atom is 0.417 e. The summed E-state index contributed by atoms with van der Waals surface area (Å²) in [5.41, 5.74) is 1.36. The van der Waals surface area contributed by atoms with Gasteiger partial charge in [0.2, 0.25) is 5.91 Å². The molecule has 5 rings (SSSR count). The summed E-state index contributed by atoms with van der Waals surface area (Å²) in [4.78, 5) is 13.6. The van der Waals surface area contributed by atoms with E-state index in [1.807, 2.05) is 22.6 Å². The van der Waals surface area contributed by atoms with Crippen LogP contribution in [0.25, 0.3) is 0 Å². The molecule has 3 heterocycles. The van der Waals surface area contributed by atoms with Gasteiger partial charge in [-0.2, -0.15) is 18.3 Å². The SMILES string of the molecule is CS(=O)(=O)CC(=O)N1CC2(C1)OCc1cc(C3=NNC(c4cc(Cl)c(Cl)c(I)c4)(C(F)(F)F)C3)ccc12. The number of rotatable bonds is 4. The summed E-state index contributed by atoms with van der Waals surface area (Å²) >= 11 is 14.0. The van der Waals surface area contributed by atoms with Crippen molar-refractivity contribution in [1.82, 2.24) is 10.3 Å². The lowest BCUT2D eigenvalue weighted by Crippen LogP contribution is -2.62. The Balaban J connectivity index is 1.38. The summed E-state index contributed by atoms with van der Waals surface area (Å²) in [7, 11) is -3.45. The molecule has 1 amide bonds. The van der Waals surface area contributed by atoms with Gasteiger partial charge in [0, 0.05) is 16.2 Å². The Morgan fingerprint density at radius 2 is 1.95 bits per heavy atom. The maximum absolute atomic E-state index is 14.4. The van der Waals surface area contributed by atoms with Gasteiger partial charge in [0.05, 0.1) is 35.5 Å². The van der Waals surface area contributed by atoms with Crippen LogP contribution >= 0.6 is 45.8 Å². The number of hydrazone groups is 1. The molecule has 3 aliphatic rings. The van der Waals surface area contributed by atoms with Gasteiger partial charge in [0.15, 0.2) is 15.4 Å². The third kappa shape index (κ3) is 4.62. The third-order valence-corrected chi connectivity index (χ3v) is 9.58. The number of ether oxygens (including phenoxy) is 1. The van der Waals surface area contributed by atoms with Gasteiger partial charge in [-0.05, 0) is 63.0 Å². The number of sulfone groups is 1. The Morgan fingerprint density at radius 1 is 1.24 bits per heavy atom. The molecule has 0 bridgehead atoms. The summed E-state index contributed by atoms with van der Waals surface area (Å²) in [6, 6.07) is 7.76. The predicted molar refractivity (Wildman–Crippen MR) is 140 cm³/mol. The molecule has 0 radical (unpaired) electrons. The van der Waals surface area contributed by atoms with Crippen molar-refractivity contribution in [2.24, 2.45) is 5.10 Å². The molecule has 7 nitrogen and oxygen atoms in total. The molecule has 2 aromatic carbocycles. The number of carbonyl (C=O) groups is 1. The number of halogens is 6. The minimum Gasteiger partial charge on any atom is -0.362 e. The molecule has 0 aromatic heterocycles. The molecule has 1 saturated heterocycles. The van der Waals surface area contributed by atoms with Crippen molar-refractivity contribution in [1.29, 1.82) is 0 Å². The first-order valence-electron chi connectivity index (χ1n) is 10.9. The Morgan fingerprint density at radius 3 is 2.57 bits per heavy atom. The molecular weight excluding hydrogens is 669 g/mol. The van der Waals surface area contributed by atoms with Crippen LogP contribution < -0.4 is 5.43 Å². The lowest BCUT2D eigenvalue weighted by atomic mass is 9.82. The van der Waals surface area contributed by atoms with Crippen LogP contribution in [-0.2, 0) is 37.1 Å². The monoisotopic (exact) mass is 687 g/mol. The molecule has 0 aliphatic carbocycles. The van der Waals surface area contributed by atoms with E-state index in [0.717, 1.165) is 17.4 Å². The highest BCUT2D eigenvalue weighted by Crippen LogP contribution is 2.48. The van der Waals surface area contributed by atoms with Gasteiger partial charge in [-0.15, -0.1) is 0 Å². The number of alkyl halides is 3. The largest absolute Gasteiger partial charge is 0.417 e. The smallest absolute Gasteiger partial charge is 0.362 e. The normalized spacial score (nSPS) is 22.5. The van der Waals surface area contributed by atoms with Crippen LogP contribution in [-0.4, -0.2) is 56.2 Å². The van der Waals surface area contributed by atoms with Crippen molar-refractivity contribution in [3.8, 4) is 0 Å². The van der Waals surface area contributed by atoms with Crippen molar-refractivity contribution < 1.29 is 31.1 Å². The zero-order valence-corrected chi connectivity index (χ0v) is 23.6. The third-order valence-electron chi connectivity index (χ3n) is 6.84. The molecule has 1 unspecified atom stereocenters. The van der Waals surface area contributed by atoms with E-state index in [-0.39, 0.29) is 41.0 Å². The molecule has 0 saturated carbocycles. The van der Waals surface area contributed by atoms with E-state index in [1.165, 1.54) is 17.0 Å². The summed E-state index contributed by atoms with van der Waals surface area (Å²) in [5.74, 6) is -1.06. The number of nitrogens with zero attached hydrogens (tertiary/aromatic N) is 2. The Bertz CT molecular complexity index is 1440. The quantitative estimate of drug-likeness (QED) is 0.381. The van der Waals surface area contributed by atoms with E-state index in [2.05, 4.69) is 10.5 Å². The van der Waals surface area contributed by atoms with Gasteiger partial charge in [-0.1, -0.05) is 35.3 Å². The molecule has 2 aromatic rings. The molecule has 14 heteroatoms. The second kappa shape index (κ2) is 8.97. The van der Waals surface area contributed by atoms with Crippen molar-refractivity contribution in [2.45, 2.75) is 30.3 Å². The van der Waals surface area contributed by atoms with Crippen LogP contribution in [0.5, 0.6) is 0 Å². The van der Waals surface area contributed by atoms with Crippen LogP contribution in [0.4, 0.5) is 13.2 Å². The van der Waals surface area contributed by atoms with Crippen molar-refractivity contribution >= 4 is 67.2 Å². The van der Waals surface area contributed by atoms with Gasteiger partial charge in [-0.3, -0.25) is 10.2 Å². The lowest BCUT2D eigenvalue weighted by molar-refractivity contribution is -0.196. The van der Waals surface area contributed by atoms with Gasteiger partial charge >= 0.3 is 6.18 Å². The number of carbonyl (C=O) groups excluding carboxylic acids is 1. The number of amides is 1. The molecule has 198 valence electrons. The minimum atomic E-state index is -4.68. The van der Waals surface area contributed by atoms with Gasteiger partial charge in [0.1, 0.15) is 11.4 Å². The van der Waals surface area contributed by atoms with Gasteiger partial charge in [0.25, 0.3) is 0 Å². The van der Waals surface area contributed by atoms with Crippen LogP contribution in [0.1, 0.15) is 28.7 Å². The first kappa shape index (κ1) is 27.0. The Hall–Kier alpha value is -1.61. The van der Waals surface area contributed by atoms with Crippen molar-refractivity contribution in [2.75, 3.05) is 25.1 Å². The van der Waals surface area contributed by atoms with E-state index >= 15 is 0 Å². The molecule has 37 heavy (non-hydrogen) atoms. The average Bonchev–Trinajstić information content (AvgIpc) is 3.37. The molecule has 1 atom stereocenters. The Kier molecular flexibility index (Phi) is 6.54. The summed E-state index contributed by atoms with van der Waals surface area (Å²) in [5, 5.41) is 4.27. The molecule has 3 aliphatic heterocycles. The van der Waals surface area contributed by atoms with E-state index in [0.29, 0.717) is 9.13 Å². The highest BCUT2D eigenvalue weighted by atomic mass is 127. The fourth-order valence-electron chi connectivity index (χ4n) is 4.91. The first-order chi connectivity index (χ1) is 17.1. The van der Waals surface area contributed by atoms with Crippen LogP contribution in [0.3, 0.4) is 0 Å². The maximum atomic E-state index is 14.4. The molecule has 1 N–H and O–H groups in total. The number of fused-ring (bicyclic) bond motifs is 2. The standard InChI is InChI=1S/C23H19Cl2F3IN3O4S/c1-37(34,35)9-19(33)32-10-21(11-32)15-3-2-12(4-13(15)8-36-21)18-7-22(31-30-18,23(26,27)28)14-5-16(24)20(25)17(29)6-14/h2-6,31H,7-11H2,1H3. The summed E-state index contributed by atoms with van der Waals surface area (Å²) < 4.78 is 72.5. The second-order valence-electron chi connectivity index (χ2n) is 9.48. The van der Waals surface area contributed by atoms with Crippen molar-refractivity contribution in [3.05, 3.63) is 66.2 Å². The fourth-order valence-corrected chi connectivity index (χ4v) is 6.66. The summed E-state index contributed by atoms with van der Waals surface area (Å²) in [6.45, 7) is 0.639. The van der Waals surface area contributed by atoms with E-state index in [1.54, 1.807) is 18.2 Å². The number of nitrogens with one attached hydrogen (secondary N) is 1. The first-order valence-corrected chi connectivity index (χ1v) is 14.8. The lowest BCUT2D eigenvalue weighted by Gasteiger charge is -2.47. The number of hydrogen-bond donors (Lipinski definition) is 1. The summed E-state index contributed by atoms with van der Waals surface area (Å²) in [6.07, 6.45) is -4.14. The minimum absolute atomic E-state index is 0.0204. The number of hydrogen-bond acceptors (Lipinski definition) is 6. The molecule has 1 fully saturated rings. The predicted octanol–water partition coefficient (Wildman–Crippen LogP) is 4.37. The zero-order chi connectivity index (χ0) is 27.0. The van der Waals surface area contributed by atoms with Gasteiger partial charge < -0.3 is 9.64 Å².